The number of aliphatic hydroxyl groups excluding tert-OH is 1. The van der Waals surface area contributed by atoms with Gasteiger partial charge in [0.15, 0.2) is 0 Å². The van der Waals surface area contributed by atoms with Crippen molar-refractivity contribution in [1.29, 1.82) is 0 Å². The van der Waals surface area contributed by atoms with Gasteiger partial charge in [0.2, 0.25) is 5.88 Å². The highest BCUT2D eigenvalue weighted by Gasteiger charge is 1.97. The molecule has 1 aromatic heterocycles. The Kier molecular flexibility index (Phi) is 4.19. The van der Waals surface area contributed by atoms with E-state index in [0.29, 0.717) is 5.88 Å². The maximum atomic E-state index is 9.05. The molecule has 0 fully saturated rings. The lowest BCUT2D eigenvalue weighted by Crippen LogP contribution is -2.09. The fourth-order valence-corrected chi connectivity index (χ4v) is 1.06. The molecule has 14 heavy (non-hydrogen) atoms. The van der Waals surface area contributed by atoms with Crippen LogP contribution in [0.4, 0.5) is 5.69 Å². The molecule has 1 atom stereocenters. The van der Waals surface area contributed by atoms with E-state index in [4.69, 9.17) is 9.84 Å². The van der Waals surface area contributed by atoms with Crippen LogP contribution in [0.1, 0.15) is 13.3 Å². The van der Waals surface area contributed by atoms with E-state index in [-0.39, 0.29) is 6.10 Å². The van der Waals surface area contributed by atoms with Crippen LogP contribution in [-0.4, -0.2) is 29.8 Å². The minimum absolute atomic E-state index is 0.272. The summed E-state index contributed by atoms with van der Waals surface area (Å²) >= 11 is 0. The molecule has 0 aromatic carbocycles. The van der Waals surface area contributed by atoms with Crippen molar-refractivity contribution >= 4 is 5.69 Å². The van der Waals surface area contributed by atoms with Gasteiger partial charge in [0.05, 0.1) is 13.2 Å². The first-order chi connectivity index (χ1) is 6.72. The Morgan fingerprint density at radius 3 is 3.07 bits per heavy atom. The van der Waals surface area contributed by atoms with E-state index in [1.54, 1.807) is 20.2 Å². The lowest BCUT2D eigenvalue weighted by Gasteiger charge is -2.08. The summed E-state index contributed by atoms with van der Waals surface area (Å²) in [6.07, 6.45) is 2.14. The first-order valence-electron chi connectivity index (χ1n) is 4.64. The summed E-state index contributed by atoms with van der Waals surface area (Å²) in [5.41, 5.74) is 0.956. The Morgan fingerprint density at radius 2 is 2.43 bits per heavy atom. The molecule has 0 bridgehead atoms. The monoisotopic (exact) mass is 196 g/mol. The van der Waals surface area contributed by atoms with Gasteiger partial charge in [0, 0.05) is 24.5 Å². The van der Waals surface area contributed by atoms with Gasteiger partial charge in [-0.05, 0) is 19.4 Å². The molecule has 0 saturated carbocycles. The lowest BCUT2D eigenvalue weighted by atomic mass is 10.3. The Balaban J connectivity index is 2.42. The van der Waals surface area contributed by atoms with Crippen molar-refractivity contribution in [3.63, 3.8) is 0 Å². The van der Waals surface area contributed by atoms with Gasteiger partial charge >= 0.3 is 0 Å². The smallest absolute Gasteiger partial charge is 0.214 e. The number of aliphatic hydroxyl groups is 1. The second kappa shape index (κ2) is 5.44. The van der Waals surface area contributed by atoms with Gasteiger partial charge in [-0.15, -0.1) is 0 Å². The van der Waals surface area contributed by atoms with Crippen LogP contribution in [0.15, 0.2) is 18.3 Å². The van der Waals surface area contributed by atoms with Gasteiger partial charge in [-0.2, -0.15) is 0 Å². The molecule has 1 aromatic rings. The van der Waals surface area contributed by atoms with E-state index in [1.165, 1.54) is 0 Å². The summed E-state index contributed by atoms with van der Waals surface area (Å²) in [7, 11) is 1.59. The van der Waals surface area contributed by atoms with Crippen LogP contribution in [-0.2, 0) is 0 Å². The zero-order valence-corrected chi connectivity index (χ0v) is 8.53. The third kappa shape index (κ3) is 3.62. The maximum absolute atomic E-state index is 9.05. The summed E-state index contributed by atoms with van der Waals surface area (Å²) in [5, 5.41) is 12.2. The SMILES string of the molecule is COc1cc(NCCC(C)O)ccn1. The number of hydrogen-bond acceptors (Lipinski definition) is 4. The predicted octanol–water partition coefficient (Wildman–Crippen LogP) is 1.27. The van der Waals surface area contributed by atoms with Crippen molar-refractivity contribution < 1.29 is 9.84 Å². The van der Waals surface area contributed by atoms with E-state index in [2.05, 4.69) is 10.3 Å². The molecule has 0 aliphatic heterocycles. The fourth-order valence-electron chi connectivity index (χ4n) is 1.06. The molecule has 0 aliphatic rings. The second-order valence-corrected chi connectivity index (χ2v) is 3.15. The molecule has 0 saturated heterocycles. The molecule has 4 heteroatoms. The number of anilines is 1. The molecule has 78 valence electrons. The van der Waals surface area contributed by atoms with Gasteiger partial charge in [0.1, 0.15) is 0 Å². The first kappa shape index (κ1) is 10.8. The molecular formula is C10H16N2O2. The number of ether oxygens (including phenoxy) is 1. The number of pyridine rings is 1. The van der Waals surface area contributed by atoms with Gasteiger partial charge in [0.25, 0.3) is 0 Å². The van der Waals surface area contributed by atoms with Crippen molar-refractivity contribution in [2.24, 2.45) is 0 Å². The largest absolute Gasteiger partial charge is 0.481 e. The second-order valence-electron chi connectivity index (χ2n) is 3.15. The topological polar surface area (TPSA) is 54.4 Å². The molecule has 0 amide bonds. The number of aromatic nitrogens is 1. The van der Waals surface area contributed by atoms with Crippen LogP contribution >= 0.6 is 0 Å². The van der Waals surface area contributed by atoms with Gasteiger partial charge in [-0.3, -0.25) is 0 Å². The van der Waals surface area contributed by atoms with E-state index < -0.39 is 0 Å². The summed E-state index contributed by atoms with van der Waals surface area (Å²) in [4.78, 5) is 3.99. The Morgan fingerprint density at radius 1 is 1.64 bits per heavy atom. The average molecular weight is 196 g/mol. The van der Waals surface area contributed by atoms with Crippen molar-refractivity contribution in [3.05, 3.63) is 18.3 Å². The van der Waals surface area contributed by atoms with Gasteiger partial charge in [-0.25, -0.2) is 4.98 Å². The third-order valence-electron chi connectivity index (χ3n) is 1.84. The molecule has 0 aliphatic carbocycles. The van der Waals surface area contributed by atoms with Crippen molar-refractivity contribution in [2.45, 2.75) is 19.4 Å². The molecule has 1 unspecified atom stereocenters. The standard InChI is InChI=1S/C10H16N2O2/c1-8(13)3-5-11-9-4-6-12-10(7-9)14-2/h4,6-8,13H,3,5H2,1-2H3,(H,11,12). The summed E-state index contributed by atoms with van der Waals surface area (Å²) in [6.45, 7) is 2.51. The minimum atomic E-state index is -0.272. The average Bonchev–Trinajstić information content (AvgIpc) is 2.18. The number of hydrogen-bond donors (Lipinski definition) is 2. The Labute approximate surface area is 83.9 Å². The minimum Gasteiger partial charge on any atom is -0.481 e. The quantitative estimate of drug-likeness (QED) is 0.744. The van der Waals surface area contributed by atoms with Crippen molar-refractivity contribution in [2.75, 3.05) is 19.0 Å². The fraction of sp³-hybridized carbons (Fsp3) is 0.500. The molecule has 4 nitrogen and oxygen atoms in total. The first-order valence-corrected chi connectivity index (χ1v) is 4.64. The Hall–Kier alpha value is -1.29. The van der Waals surface area contributed by atoms with Crippen LogP contribution in [0.3, 0.4) is 0 Å². The molecule has 1 heterocycles. The molecule has 0 spiro atoms. The predicted molar refractivity (Wildman–Crippen MR) is 55.6 cm³/mol. The highest BCUT2D eigenvalue weighted by atomic mass is 16.5. The number of nitrogens with zero attached hydrogens (tertiary/aromatic N) is 1. The highest BCUT2D eigenvalue weighted by Crippen LogP contribution is 2.13. The van der Waals surface area contributed by atoms with Crippen molar-refractivity contribution in [3.8, 4) is 5.88 Å². The summed E-state index contributed by atoms with van der Waals surface area (Å²) in [6, 6.07) is 3.69. The third-order valence-corrected chi connectivity index (χ3v) is 1.84. The zero-order chi connectivity index (χ0) is 10.4. The summed E-state index contributed by atoms with van der Waals surface area (Å²) < 4.78 is 4.98. The highest BCUT2D eigenvalue weighted by molar-refractivity contribution is 5.44. The van der Waals surface area contributed by atoms with Crippen LogP contribution in [0.25, 0.3) is 0 Å². The van der Waals surface area contributed by atoms with Crippen LogP contribution in [0, 0.1) is 0 Å². The Bertz CT molecular complexity index is 277. The van der Waals surface area contributed by atoms with Crippen LogP contribution in [0.2, 0.25) is 0 Å². The van der Waals surface area contributed by atoms with Gasteiger partial charge in [-0.1, -0.05) is 0 Å². The molecule has 1 rings (SSSR count). The van der Waals surface area contributed by atoms with Crippen molar-refractivity contribution in [1.82, 2.24) is 4.98 Å². The van der Waals surface area contributed by atoms with E-state index >= 15 is 0 Å². The molecule has 0 radical (unpaired) electrons. The van der Waals surface area contributed by atoms with Gasteiger partial charge < -0.3 is 15.2 Å². The number of rotatable bonds is 5. The summed E-state index contributed by atoms with van der Waals surface area (Å²) in [5.74, 6) is 0.590. The van der Waals surface area contributed by atoms with E-state index in [1.807, 2.05) is 12.1 Å². The zero-order valence-electron chi connectivity index (χ0n) is 8.53. The lowest BCUT2D eigenvalue weighted by molar-refractivity contribution is 0.189. The number of nitrogens with one attached hydrogen (secondary N) is 1. The van der Waals surface area contributed by atoms with Crippen LogP contribution in [0.5, 0.6) is 5.88 Å². The molecule has 2 N–H and O–H groups in total. The van der Waals surface area contributed by atoms with E-state index in [9.17, 15) is 0 Å². The maximum Gasteiger partial charge on any atom is 0.214 e. The number of methoxy groups -OCH3 is 1. The normalized spacial score (nSPS) is 12.2. The van der Waals surface area contributed by atoms with Crippen LogP contribution < -0.4 is 10.1 Å². The molecular weight excluding hydrogens is 180 g/mol. The van der Waals surface area contributed by atoms with E-state index in [0.717, 1.165) is 18.7 Å².